The van der Waals surface area contributed by atoms with E-state index in [0.29, 0.717) is 35.2 Å². The Bertz CT molecular complexity index is 992. The van der Waals surface area contributed by atoms with Crippen molar-refractivity contribution >= 4 is 5.91 Å². The third kappa shape index (κ3) is 3.75. The van der Waals surface area contributed by atoms with Gasteiger partial charge in [-0.15, -0.1) is 10.2 Å². The number of hydrogen-bond donors (Lipinski definition) is 0. The molecule has 0 saturated carbocycles. The van der Waals surface area contributed by atoms with Gasteiger partial charge in [0, 0.05) is 18.9 Å². The van der Waals surface area contributed by atoms with E-state index >= 15 is 0 Å². The third-order valence-electron chi connectivity index (χ3n) is 4.91. The Labute approximate surface area is 167 Å². The van der Waals surface area contributed by atoms with Crippen molar-refractivity contribution in [1.82, 2.24) is 25.1 Å². The Morgan fingerprint density at radius 1 is 1.17 bits per heavy atom. The van der Waals surface area contributed by atoms with Gasteiger partial charge in [-0.3, -0.25) is 9.78 Å². The fraction of sp³-hybridized carbons (Fsp3) is 0.350. The van der Waals surface area contributed by atoms with Crippen molar-refractivity contribution in [2.45, 2.75) is 25.3 Å². The summed E-state index contributed by atoms with van der Waals surface area (Å²) >= 11 is 0. The van der Waals surface area contributed by atoms with Gasteiger partial charge in [-0.05, 0) is 37.5 Å². The molecule has 9 heteroatoms. The summed E-state index contributed by atoms with van der Waals surface area (Å²) < 4.78 is 16.5. The summed E-state index contributed by atoms with van der Waals surface area (Å²) in [4.78, 5) is 23.3. The molecular weight excluding hydrogens is 374 g/mol. The average molecular weight is 395 g/mol. The van der Waals surface area contributed by atoms with Gasteiger partial charge in [0.25, 0.3) is 11.8 Å². The summed E-state index contributed by atoms with van der Waals surface area (Å²) in [7, 11) is 3.10. The second-order valence-electron chi connectivity index (χ2n) is 6.61. The van der Waals surface area contributed by atoms with Crippen LogP contribution in [0.1, 0.15) is 41.6 Å². The second-order valence-corrected chi connectivity index (χ2v) is 6.61. The first-order chi connectivity index (χ1) is 14.2. The molecule has 29 heavy (non-hydrogen) atoms. The van der Waals surface area contributed by atoms with E-state index in [1.54, 1.807) is 48.8 Å². The first-order valence-corrected chi connectivity index (χ1v) is 9.34. The molecule has 0 spiro atoms. The minimum absolute atomic E-state index is 0.162. The van der Waals surface area contributed by atoms with Crippen LogP contribution in [0.15, 0.2) is 41.2 Å². The van der Waals surface area contributed by atoms with Crippen molar-refractivity contribution in [1.29, 1.82) is 0 Å². The zero-order chi connectivity index (χ0) is 20.2. The fourth-order valence-electron chi connectivity index (χ4n) is 3.45. The summed E-state index contributed by atoms with van der Waals surface area (Å²) in [5, 5.41) is 8.27. The molecule has 1 aromatic carbocycles. The Balaban J connectivity index is 1.65. The van der Waals surface area contributed by atoms with E-state index < -0.39 is 0 Å². The zero-order valence-electron chi connectivity index (χ0n) is 16.2. The van der Waals surface area contributed by atoms with Crippen LogP contribution in [0.2, 0.25) is 0 Å². The van der Waals surface area contributed by atoms with E-state index in [-0.39, 0.29) is 17.8 Å². The van der Waals surface area contributed by atoms with E-state index in [2.05, 4.69) is 20.2 Å². The Morgan fingerprint density at radius 3 is 2.83 bits per heavy atom. The molecule has 2 aromatic heterocycles. The number of nitrogens with zero attached hydrogens (tertiary/aromatic N) is 5. The number of carbonyl (C=O) groups excluding carboxylic acids is 1. The molecule has 0 aliphatic carbocycles. The first kappa shape index (κ1) is 18.9. The third-order valence-corrected chi connectivity index (χ3v) is 4.91. The van der Waals surface area contributed by atoms with Crippen molar-refractivity contribution < 1.29 is 18.7 Å². The van der Waals surface area contributed by atoms with Gasteiger partial charge in [0.1, 0.15) is 23.2 Å². The number of benzene rings is 1. The Hall–Kier alpha value is -3.49. The van der Waals surface area contributed by atoms with E-state index in [4.69, 9.17) is 13.9 Å². The molecule has 9 nitrogen and oxygen atoms in total. The van der Waals surface area contributed by atoms with Crippen LogP contribution in [0.25, 0.3) is 11.6 Å². The predicted octanol–water partition coefficient (Wildman–Crippen LogP) is 2.91. The number of carbonyl (C=O) groups is 1. The van der Waals surface area contributed by atoms with Gasteiger partial charge in [-0.2, -0.15) is 0 Å². The normalized spacial score (nSPS) is 16.5. The molecule has 3 aromatic rings. The molecule has 1 aliphatic heterocycles. The SMILES string of the molecule is COc1ccc(OC)c(C(=O)N2CCCC[C@H]2c2nnc(-c3cnccn3)o2)c1. The van der Waals surface area contributed by atoms with Crippen LogP contribution < -0.4 is 9.47 Å². The van der Waals surface area contributed by atoms with E-state index in [1.807, 2.05) is 0 Å². The van der Waals surface area contributed by atoms with Crippen LogP contribution in [0, 0.1) is 0 Å². The summed E-state index contributed by atoms with van der Waals surface area (Å²) in [6.45, 7) is 0.590. The molecule has 0 radical (unpaired) electrons. The van der Waals surface area contributed by atoms with Gasteiger partial charge >= 0.3 is 0 Å². The van der Waals surface area contributed by atoms with Crippen molar-refractivity contribution in [3.05, 3.63) is 48.2 Å². The number of amides is 1. The summed E-state index contributed by atoms with van der Waals surface area (Å²) in [6, 6.07) is 4.86. The molecule has 1 aliphatic rings. The minimum Gasteiger partial charge on any atom is -0.497 e. The van der Waals surface area contributed by atoms with Crippen LogP contribution in [-0.4, -0.2) is 51.7 Å². The molecule has 1 atom stereocenters. The van der Waals surface area contributed by atoms with E-state index in [1.165, 1.54) is 7.11 Å². The standard InChI is InChI=1S/C20H21N5O4/c1-27-13-6-7-17(28-2)14(11-13)20(26)25-10-4-3-5-16(25)19-24-23-18(29-19)15-12-21-8-9-22-15/h6-9,11-12,16H,3-5,10H2,1-2H3/t16-/m0/s1. The van der Waals surface area contributed by atoms with Gasteiger partial charge in [0.2, 0.25) is 5.89 Å². The average Bonchev–Trinajstić information content (AvgIpc) is 3.29. The highest BCUT2D eigenvalue weighted by atomic mass is 16.5. The number of aromatic nitrogens is 4. The summed E-state index contributed by atoms with van der Waals surface area (Å²) in [5.41, 5.74) is 0.932. The lowest BCUT2D eigenvalue weighted by Gasteiger charge is -2.33. The number of piperidine rings is 1. The molecule has 0 N–H and O–H groups in total. The summed E-state index contributed by atoms with van der Waals surface area (Å²) in [5.74, 6) is 1.59. The zero-order valence-corrected chi connectivity index (χ0v) is 16.2. The molecular formula is C20H21N5O4. The number of methoxy groups -OCH3 is 2. The first-order valence-electron chi connectivity index (χ1n) is 9.34. The van der Waals surface area contributed by atoms with Crippen LogP contribution in [-0.2, 0) is 0 Å². The highest BCUT2D eigenvalue weighted by molar-refractivity contribution is 5.97. The molecule has 150 valence electrons. The number of likely N-dealkylation sites (tertiary alicyclic amines) is 1. The molecule has 1 saturated heterocycles. The maximum Gasteiger partial charge on any atom is 0.267 e. The van der Waals surface area contributed by atoms with Gasteiger partial charge in [0.05, 0.1) is 26.0 Å². The monoisotopic (exact) mass is 395 g/mol. The predicted molar refractivity (Wildman–Crippen MR) is 102 cm³/mol. The van der Waals surface area contributed by atoms with Crippen molar-refractivity contribution in [2.24, 2.45) is 0 Å². The van der Waals surface area contributed by atoms with Crippen LogP contribution in [0.5, 0.6) is 11.5 Å². The van der Waals surface area contributed by atoms with Crippen LogP contribution >= 0.6 is 0 Å². The number of hydrogen-bond acceptors (Lipinski definition) is 8. The lowest BCUT2D eigenvalue weighted by atomic mass is 10.0. The second kappa shape index (κ2) is 8.26. The molecule has 0 unspecified atom stereocenters. The van der Waals surface area contributed by atoms with Gasteiger partial charge < -0.3 is 18.8 Å². The highest BCUT2D eigenvalue weighted by Gasteiger charge is 2.34. The van der Waals surface area contributed by atoms with Crippen LogP contribution in [0.3, 0.4) is 0 Å². The maximum atomic E-state index is 13.4. The summed E-state index contributed by atoms with van der Waals surface area (Å²) in [6.07, 6.45) is 7.29. The van der Waals surface area contributed by atoms with Gasteiger partial charge in [-0.25, -0.2) is 4.98 Å². The van der Waals surface area contributed by atoms with Gasteiger partial charge in [-0.1, -0.05) is 0 Å². The van der Waals surface area contributed by atoms with E-state index in [0.717, 1.165) is 19.3 Å². The van der Waals surface area contributed by atoms with Crippen molar-refractivity contribution in [3.8, 4) is 23.1 Å². The quantitative estimate of drug-likeness (QED) is 0.650. The lowest BCUT2D eigenvalue weighted by Crippen LogP contribution is -2.38. The molecule has 1 amide bonds. The lowest BCUT2D eigenvalue weighted by molar-refractivity contribution is 0.0568. The minimum atomic E-state index is -0.315. The van der Waals surface area contributed by atoms with Crippen molar-refractivity contribution in [3.63, 3.8) is 0 Å². The van der Waals surface area contributed by atoms with E-state index in [9.17, 15) is 4.79 Å². The maximum absolute atomic E-state index is 13.4. The molecule has 0 bridgehead atoms. The molecule has 4 rings (SSSR count). The topological polar surface area (TPSA) is 103 Å². The fourth-order valence-corrected chi connectivity index (χ4v) is 3.45. The Morgan fingerprint density at radius 2 is 2.07 bits per heavy atom. The van der Waals surface area contributed by atoms with Crippen LogP contribution in [0.4, 0.5) is 0 Å². The smallest absolute Gasteiger partial charge is 0.267 e. The highest BCUT2D eigenvalue weighted by Crippen LogP contribution is 2.34. The largest absolute Gasteiger partial charge is 0.497 e. The number of ether oxygens (including phenoxy) is 2. The van der Waals surface area contributed by atoms with Gasteiger partial charge in [0.15, 0.2) is 0 Å². The number of rotatable bonds is 5. The molecule has 1 fully saturated rings. The molecule has 3 heterocycles. The Kier molecular flexibility index (Phi) is 5.37. The van der Waals surface area contributed by atoms with Crippen molar-refractivity contribution in [2.75, 3.05) is 20.8 Å².